The number of nitrogens with one attached hydrogen (secondary N) is 3. The molecule has 9 nitrogen and oxygen atoms in total. The molecule has 3 amide bonds. The molecule has 2 aromatic rings. The molecule has 5 atom stereocenters. The van der Waals surface area contributed by atoms with E-state index >= 15 is 0 Å². The lowest BCUT2D eigenvalue weighted by Gasteiger charge is -2.30. The summed E-state index contributed by atoms with van der Waals surface area (Å²) in [6.45, 7) is 5.12. The summed E-state index contributed by atoms with van der Waals surface area (Å²) in [6.07, 6.45) is 1.50. The number of amides is 3. The van der Waals surface area contributed by atoms with Crippen molar-refractivity contribution in [3.63, 3.8) is 0 Å². The van der Waals surface area contributed by atoms with Gasteiger partial charge in [0.1, 0.15) is 18.0 Å². The SMILES string of the molecule is COc1cc2[nH]c(C(=O)N3C[C@H]4[C@@H]([C@H]3C(=O)N[C@H](C=O)C[C@@H]3CCNC3=O)C4(C)C)cc2cc1F. The van der Waals surface area contributed by atoms with Crippen LogP contribution in [0.4, 0.5) is 4.39 Å². The molecule has 1 aromatic carbocycles. The van der Waals surface area contributed by atoms with Gasteiger partial charge in [-0.05, 0) is 42.2 Å². The van der Waals surface area contributed by atoms with Gasteiger partial charge in [-0.3, -0.25) is 14.4 Å². The summed E-state index contributed by atoms with van der Waals surface area (Å²) >= 11 is 0. The van der Waals surface area contributed by atoms with E-state index in [-0.39, 0.29) is 52.8 Å². The highest BCUT2D eigenvalue weighted by molar-refractivity contribution is 6.01. The van der Waals surface area contributed by atoms with Crippen molar-refractivity contribution >= 4 is 34.9 Å². The maximum absolute atomic E-state index is 14.1. The smallest absolute Gasteiger partial charge is 0.271 e. The first-order valence-corrected chi connectivity index (χ1v) is 11.9. The molecule has 186 valence electrons. The fourth-order valence-electron chi connectivity index (χ4n) is 5.95. The van der Waals surface area contributed by atoms with E-state index in [4.69, 9.17) is 4.74 Å². The molecule has 10 heteroatoms. The van der Waals surface area contributed by atoms with Crippen molar-refractivity contribution in [1.29, 1.82) is 0 Å². The highest BCUT2D eigenvalue weighted by Crippen LogP contribution is 2.65. The normalized spacial score (nSPS) is 27.3. The summed E-state index contributed by atoms with van der Waals surface area (Å²) < 4.78 is 19.1. The number of aromatic nitrogens is 1. The third kappa shape index (κ3) is 3.84. The molecule has 35 heavy (non-hydrogen) atoms. The number of nitrogens with zero attached hydrogens (tertiary/aromatic N) is 1. The highest BCUT2D eigenvalue weighted by atomic mass is 19.1. The number of piperidine rings is 1. The molecule has 3 aliphatic rings. The van der Waals surface area contributed by atoms with Crippen LogP contribution in [0.2, 0.25) is 0 Å². The second kappa shape index (κ2) is 8.35. The van der Waals surface area contributed by atoms with Crippen molar-refractivity contribution in [2.75, 3.05) is 20.2 Å². The molecule has 3 heterocycles. The Morgan fingerprint density at radius 3 is 2.77 bits per heavy atom. The van der Waals surface area contributed by atoms with Gasteiger partial charge < -0.3 is 30.0 Å². The Bertz CT molecular complexity index is 1220. The minimum atomic E-state index is -0.808. The first kappa shape index (κ1) is 23.3. The van der Waals surface area contributed by atoms with Gasteiger partial charge in [0.05, 0.1) is 13.2 Å². The molecular weight excluding hydrogens is 455 g/mol. The number of hydrogen-bond acceptors (Lipinski definition) is 5. The molecule has 0 bridgehead atoms. The molecule has 2 saturated heterocycles. The Kier molecular flexibility index (Phi) is 5.56. The molecule has 5 rings (SSSR count). The lowest BCUT2D eigenvalue weighted by molar-refractivity contribution is -0.129. The average molecular weight is 485 g/mol. The number of H-pyrrole nitrogens is 1. The molecule has 1 saturated carbocycles. The summed E-state index contributed by atoms with van der Waals surface area (Å²) in [4.78, 5) is 55.1. The fourth-order valence-corrected chi connectivity index (χ4v) is 5.95. The first-order valence-electron chi connectivity index (χ1n) is 11.9. The van der Waals surface area contributed by atoms with Gasteiger partial charge in [-0.25, -0.2) is 4.39 Å². The Labute approximate surface area is 201 Å². The molecule has 2 aliphatic heterocycles. The van der Waals surface area contributed by atoms with Crippen molar-refractivity contribution in [2.45, 2.75) is 38.8 Å². The number of aromatic amines is 1. The molecule has 1 aliphatic carbocycles. The number of rotatable bonds is 7. The molecular formula is C25H29FN4O5. The molecule has 1 aromatic heterocycles. The van der Waals surface area contributed by atoms with E-state index in [1.165, 1.54) is 19.2 Å². The Morgan fingerprint density at radius 1 is 1.34 bits per heavy atom. The molecule has 3 N–H and O–H groups in total. The average Bonchev–Trinajstić information content (AvgIpc) is 3.32. The molecule has 0 unspecified atom stereocenters. The van der Waals surface area contributed by atoms with E-state index in [2.05, 4.69) is 29.5 Å². The maximum atomic E-state index is 14.1. The van der Waals surface area contributed by atoms with Gasteiger partial charge in [-0.15, -0.1) is 0 Å². The highest BCUT2D eigenvalue weighted by Gasteiger charge is 2.69. The van der Waals surface area contributed by atoms with Crippen molar-refractivity contribution in [1.82, 2.24) is 20.5 Å². The van der Waals surface area contributed by atoms with Gasteiger partial charge >= 0.3 is 0 Å². The van der Waals surface area contributed by atoms with Crippen LogP contribution in [0.15, 0.2) is 18.2 Å². The number of fused-ring (bicyclic) bond motifs is 2. The molecule has 0 radical (unpaired) electrons. The van der Waals surface area contributed by atoms with E-state index in [9.17, 15) is 23.6 Å². The van der Waals surface area contributed by atoms with Gasteiger partial charge in [0.2, 0.25) is 11.8 Å². The summed E-state index contributed by atoms with van der Waals surface area (Å²) in [6, 6.07) is 2.81. The number of halogens is 1. The van der Waals surface area contributed by atoms with Gasteiger partial charge in [-0.2, -0.15) is 0 Å². The summed E-state index contributed by atoms with van der Waals surface area (Å²) in [5.74, 6) is -1.52. The second-order valence-electron chi connectivity index (χ2n) is 10.4. The van der Waals surface area contributed by atoms with Crippen LogP contribution in [0.3, 0.4) is 0 Å². The van der Waals surface area contributed by atoms with E-state index in [0.717, 1.165) is 0 Å². The minimum absolute atomic E-state index is 0.0320. The molecule has 0 spiro atoms. The van der Waals surface area contributed by atoms with Gasteiger partial charge in [0.25, 0.3) is 5.91 Å². The van der Waals surface area contributed by atoms with Crippen LogP contribution in [-0.4, -0.2) is 66.2 Å². The largest absolute Gasteiger partial charge is 0.494 e. The lowest BCUT2D eigenvalue weighted by atomic mass is 9.97. The van der Waals surface area contributed by atoms with Crippen LogP contribution < -0.4 is 15.4 Å². The predicted octanol–water partition coefficient (Wildman–Crippen LogP) is 1.62. The Balaban J connectivity index is 1.37. The van der Waals surface area contributed by atoms with E-state index < -0.39 is 23.8 Å². The summed E-state index contributed by atoms with van der Waals surface area (Å²) in [5.41, 5.74) is 0.699. The number of carbonyl (C=O) groups is 4. The summed E-state index contributed by atoms with van der Waals surface area (Å²) in [7, 11) is 1.37. The van der Waals surface area contributed by atoms with Crippen molar-refractivity contribution in [3.05, 3.63) is 29.7 Å². The number of likely N-dealkylation sites (tertiary alicyclic amines) is 1. The monoisotopic (exact) mass is 484 g/mol. The number of carbonyl (C=O) groups excluding carboxylic acids is 4. The standard InChI is InChI=1S/C25H29FN4O5/c1-25(2)15-10-30(24(34)18-8-13-7-16(26)19(35-3)9-17(13)29-18)21(20(15)25)23(33)28-14(11-31)6-12-4-5-27-22(12)32/h7-9,11-12,14-15,20-21,29H,4-6,10H2,1-3H3,(H,27,32)(H,28,33)/t12-,14-,15-,20-,21-/m0/s1. The third-order valence-corrected chi connectivity index (χ3v) is 8.05. The number of aldehydes is 1. The number of ether oxygens (including phenoxy) is 1. The Morgan fingerprint density at radius 2 is 2.11 bits per heavy atom. The zero-order valence-electron chi connectivity index (χ0n) is 19.9. The van der Waals surface area contributed by atoms with Crippen molar-refractivity contribution in [3.8, 4) is 5.75 Å². The quantitative estimate of drug-likeness (QED) is 0.516. The molecule has 3 fully saturated rings. The maximum Gasteiger partial charge on any atom is 0.271 e. The van der Waals surface area contributed by atoms with Crippen LogP contribution in [0.1, 0.15) is 37.2 Å². The van der Waals surface area contributed by atoms with E-state index in [1.807, 2.05) is 0 Å². The second-order valence-corrected chi connectivity index (χ2v) is 10.4. The van der Waals surface area contributed by atoms with Crippen LogP contribution in [0.25, 0.3) is 10.9 Å². The third-order valence-electron chi connectivity index (χ3n) is 8.05. The zero-order chi connectivity index (χ0) is 25.1. The fraction of sp³-hybridized carbons (Fsp3) is 0.520. The van der Waals surface area contributed by atoms with Crippen molar-refractivity contribution < 1.29 is 28.3 Å². The van der Waals surface area contributed by atoms with Gasteiger partial charge in [0.15, 0.2) is 11.6 Å². The van der Waals surface area contributed by atoms with Crippen molar-refractivity contribution in [2.24, 2.45) is 23.2 Å². The Hall–Kier alpha value is -3.43. The van der Waals surface area contributed by atoms with Gasteiger partial charge in [-0.1, -0.05) is 13.8 Å². The van der Waals surface area contributed by atoms with E-state index in [1.54, 1.807) is 11.0 Å². The number of methoxy groups -OCH3 is 1. The topological polar surface area (TPSA) is 121 Å². The lowest BCUT2D eigenvalue weighted by Crippen LogP contribution is -2.52. The number of hydrogen-bond donors (Lipinski definition) is 3. The van der Waals surface area contributed by atoms with E-state index in [0.29, 0.717) is 36.7 Å². The zero-order valence-corrected chi connectivity index (χ0v) is 19.9. The van der Waals surface area contributed by atoms with Crippen LogP contribution >= 0.6 is 0 Å². The first-order chi connectivity index (χ1) is 16.6. The minimum Gasteiger partial charge on any atom is -0.494 e. The van der Waals surface area contributed by atoms with Gasteiger partial charge in [0, 0.05) is 36.0 Å². The van der Waals surface area contributed by atoms with Crippen LogP contribution in [-0.2, 0) is 14.4 Å². The predicted molar refractivity (Wildman–Crippen MR) is 124 cm³/mol. The number of benzene rings is 1. The van der Waals surface area contributed by atoms with Crippen LogP contribution in [0, 0.1) is 29.0 Å². The van der Waals surface area contributed by atoms with Crippen LogP contribution in [0.5, 0.6) is 5.75 Å². The summed E-state index contributed by atoms with van der Waals surface area (Å²) in [5, 5.41) is 6.04.